The maximum absolute atomic E-state index is 13.2. The molecular formula is C20H24N2O2S. The van der Waals surface area contributed by atoms with E-state index in [1.807, 2.05) is 24.3 Å². The Morgan fingerprint density at radius 2 is 1.80 bits per heavy atom. The minimum absolute atomic E-state index is 0.169. The van der Waals surface area contributed by atoms with Crippen LogP contribution >= 0.6 is 0 Å². The van der Waals surface area contributed by atoms with Gasteiger partial charge in [0, 0.05) is 17.1 Å². The second-order valence-corrected chi connectivity index (χ2v) is 8.57. The van der Waals surface area contributed by atoms with E-state index in [0.29, 0.717) is 16.3 Å². The van der Waals surface area contributed by atoms with Gasteiger partial charge in [-0.25, -0.2) is 8.42 Å². The quantitative estimate of drug-likeness (QED) is 0.700. The summed E-state index contributed by atoms with van der Waals surface area (Å²) in [6.07, 6.45) is 3.30. The summed E-state index contributed by atoms with van der Waals surface area (Å²) in [5.41, 5.74) is 7.54. The summed E-state index contributed by atoms with van der Waals surface area (Å²) in [7, 11) is -3.59. The van der Waals surface area contributed by atoms with Crippen LogP contribution in [-0.4, -0.2) is 19.9 Å². The zero-order chi connectivity index (χ0) is 18.1. The fourth-order valence-electron chi connectivity index (χ4n) is 3.42. The smallest absolute Gasteiger partial charge is 0.208 e. The summed E-state index contributed by atoms with van der Waals surface area (Å²) in [4.78, 5) is 3.77. The third-order valence-corrected chi connectivity index (χ3v) is 6.93. The molecule has 0 spiro atoms. The van der Waals surface area contributed by atoms with Gasteiger partial charge in [-0.15, -0.1) is 0 Å². The number of nitrogens with two attached hydrogens (primary N) is 1. The van der Waals surface area contributed by atoms with Crippen molar-refractivity contribution in [1.82, 2.24) is 4.98 Å². The molecule has 0 saturated heterocycles. The largest absolute Gasteiger partial charge is 0.360 e. The number of hydrogen-bond acceptors (Lipinski definition) is 3. The van der Waals surface area contributed by atoms with Crippen molar-refractivity contribution in [2.45, 2.75) is 41.9 Å². The summed E-state index contributed by atoms with van der Waals surface area (Å²) >= 11 is 0. The summed E-state index contributed by atoms with van der Waals surface area (Å²) in [6.45, 7) is 4.83. The van der Waals surface area contributed by atoms with Crippen molar-refractivity contribution >= 4 is 20.7 Å². The Bertz CT molecular complexity index is 977. The summed E-state index contributed by atoms with van der Waals surface area (Å²) in [6, 6.07) is 14.5. The fourth-order valence-corrected chi connectivity index (χ4v) is 4.89. The van der Waals surface area contributed by atoms with Crippen molar-refractivity contribution in [3.8, 4) is 0 Å². The highest BCUT2D eigenvalue weighted by Crippen LogP contribution is 2.39. The number of rotatable bonds is 6. The van der Waals surface area contributed by atoms with Gasteiger partial charge in [-0.1, -0.05) is 44.2 Å². The molecule has 1 heterocycles. The van der Waals surface area contributed by atoms with Crippen LogP contribution in [0.5, 0.6) is 0 Å². The minimum Gasteiger partial charge on any atom is -0.360 e. The lowest BCUT2D eigenvalue weighted by Gasteiger charge is -2.29. The van der Waals surface area contributed by atoms with Crippen molar-refractivity contribution in [1.29, 1.82) is 0 Å². The van der Waals surface area contributed by atoms with Crippen LogP contribution in [0.25, 0.3) is 10.9 Å². The molecule has 0 aliphatic heterocycles. The average Bonchev–Trinajstić information content (AvgIpc) is 3.07. The first-order valence-electron chi connectivity index (χ1n) is 8.55. The molecule has 3 aromatic rings. The zero-order valence-corrected chi connectivity index (χ0v) is 15.4. The molecule has 4 nitrogen and oxygen atoms in total. The van der Waals surface area contributed by atoms with Gasteiger partial charge in [0.05, 0.1) is 9.79 Å². The van der Waals surface area contributed by atoms with Crippen molar-refractivity contribution in [3.63, 3.8) is 0 Å². The van der Waals surface area contributed by atoms with Crippen LogP contribution in [-0.2, 0) is 15.3 Å². The lowest BCUT2D eigenvalue weighted by molar-refractivity contribution is 0.428. The maximum atomic E-state index is 13.2. The number of fused-ring (bicyclic) bond motifs is 1. The van der Waals surface area contributed by atoms with Gasteiger partial charge in [-0.2, -0.15) is 0 Å². The average molecular weight is 356 g/mol. The van der Waals surface area contributed by atoms with Gasteiger partial charge in [0.1, 0.15) is 0 Å². The zero-order valence-electron chi connectivity index (χ0n) is 14.6. The number of hydrogen-bond donors (Lipinski definition) is 2. The Morgan fingerprint density at radius 1 is 1.08 bits per heavy atom. The Labute approximate surface area is 149 Å². The van der Waals surface area contributed by atoms with Gasteiger partial charge in [0.25, 0.3) is 0 Å². The monoisotopic (exact) mass is 356 g/mol. The van der Waals surface area contributed by atoms with E-state index in [1.165, 1.54) is 0 Å². The highest BCUT2D eigenvalue weighted by Gasteiger charge is 2.30. The van der Waals surface area contributed by atoms with Crippen molar-refractivity contribution in [3.05, 3.63) is 60.3 Å². The Hall–Kier alpha value is -2.11. The number of aromatic nitrogens is 1. The number of sulfone groups is 1. The standard InChI is InChI=1S/C20H24N2O2S/c1-3-20(2,12-13-21)16-10-7-11-17-19(16)18(14-22-17)25(23,24)15-8-5-4-6-9-15/h4-11,14,22H,3,12-13,21H2,1-2H3. The van der Waals surface area contributed by atoms with Crippen LogP contribution in [0.3, 0.4) is 0 Å². The van der Waals surface area contributed by atoms with Gasteiger partial charge >= 0.3 is 0 Å². The molecule has 0 amide bonds. The van der Waals surface area contributed by atoms with Crippen LogP contribution in [0.15, 0.2) is 64.5 Å². The van der Waals surface area contributed by atoms with E-state index in [2.05, 4.69) is 18.8 Å². The van der Waals surface area contributed by atoms with Gasteiger partial charge < -0.3 is 10.7 Å². The van der Waals surface area contributed by atoms with E-state index in [0.717, 1.165) is 29.3 Å². The second kappa shape index (κ2) is 6.65. The molecule has 5 heteroatoms. The van der Waals surface area contributed by atoms with E-state index in [4.69, 9.17) is 5.73 Å². The van der Waals surface area contributed by atoms with Gasteiger partial charge in [0.2, 0.25) is 9.84 Å². The molecule has 0 saturated carbocycles. The highest BCUT2D eigenvalue weighted by atomic mass is 32.2. The lowest BCUT2D eigenvalue weighted by Crippen LogP contribution is -2.25. The number of nitrogens with one attached hydrogen (secondary N) is 1. The van der Waals surface area contributed by atoms with Gasteiger partial charge in [-0.05, 0) is 48.6 Å². The first-order chi connectivity index (χ1) is 11.9. The topological polar surface area (TPSA) is 76.0 Å². The normalized spacial score (nSPS) is 14.5. The molecule has 25 heavy (non-hydrogen) atoms. The van der Waals surface area contributed by atoms with Crippen LogP contribution in [0.1, 0.15) is 32.3 Å². The third kappa shape index (κ3) is 2.98. The first kappa shape index (κ1) is 17.7. The Kier molecular flexibility index (Phi) is 4.71. The fraction of sp³-hybridized carbons (Fsp3) is 0.300. The summed E-state index contributed by atoms with van der Waals surface area (Å²) < 4.78 is 26.4. The molecule has 2 aromatic carbocycles. The lowest BCUT2D eigenvalue weighted by atomic mass is 9.76. The molecule has 132 valence electrons. The van der Waals surface area contributed by atoms with Crippen LogP contribution in [0, 0.1) is 0 Å². The highest BCUT2D eigenvalue weighted by molar-refractivity contribution is 7.91. The molecule has 0 fully saturated rings. The second-order valence-electron chi connectivity index (χ2n) is 6.65. The molecule has 0 aliphatic rings. The molecule has 1 aromatic heterocycles. The van der Waals surface area contributed by atoms with Crippen molar-refractivity contribution in [2.75, 3.05) is 6.54 Å². The molecule has 1 atom stereocenters. The Morgan fingerprint density at radius 3 is 2.44 bits per heavy atom. The number of benzene rings is 2. The Balaban J connectivity index is 2.29. The summed E-state index contributed by atoms with van der Waals surface area (Å²) in [5, 5.41) is 0.782. The molecule has 0 aliphatic carbocycles. The first-order valence-corrected chi connectivity index (χ1v) is 10.0. The van der Waals surface area contributed by atoms with Crippen LogP contribution in [0.4, 0.5) is 0 Å². The predicted molar refractivity (Wildman–Crippen MR) is 102 cm³/mol. The maximum Gasteiger partial charge on any atom is 0.208 e. The third-order valence-electron chi connectivity index (χ3n) is 5.14. The van der Waals surface area contributed by atoms with Gasteiger partial charge in [-0.3, -0.25) is 0 Å². The molecular weight excluding hydrogens is 332 g/mol. The molecule has 3 rings (SSSR count). The molecule has 1 unspecified atom stereocenters. The molecule has 3 N–H and O–H groups in total. The van der Waals surface area contributed by atoms with Crippen LogP contribution < -0.4 is 5.73 Å². The van der Waals surface area contributed by atoms with Gasteiger partial charge in [0.15, 0.2) is 0 Å². The minimum atomic E-state index is -3.59. The number of aromatic amines is 1. The molecule has 0 radical (unpaired) electrons. The van der Waals surface area contributed by atoms with Crippen molar-refractivity contribution in [2.24, 2.45) is 5.73 Å². The van der Waals surface area contributed by atoms with E-state index < -0.39 is 9.84 Å². The molecule has 0 bridgehead atoms. The van der Waals surface area contributed by atoms with E-state index in [1.54, 1.807) is 30.5 Å². The SMILES string of the molecule is CCC(C)(CCN)c1cccc2[nH]cc(S(=O)(=O)c3ccccc3)c12. The number of H-pyrrole nitrogens is 1. The van der Waals surface area contributed by atoms with Crippen molar-refractivity contribution < 1.29 is 8.42 Å². The summed E-state index contributed by atoms with van der Waals surface area (Å²) in [5.74, 6) is 0. The van der Waals surface area contributed by atoms with E-state index in [9.17, 15) is 8.42 Å². The van der Waals surface area contributed by atoms with E-state index in [-0.39, 0.29) is 5.41 Å². The predicted octanol–water partition coefficient (Wildman–Crippen LogP) is 4.02. The van der Waals surface area contributed by atoms with E-state index >= 15 is 0 Å². The van der Waals surface area contributed by atoms with Crippen LogP contribution in [0.2, 0.25) is 0 Å².